The zero-order valence-corrected chi connectivity index (χ0v) is 11.0. The van der Waals surface area contributed by atoms with E-state index in [1.54, 1.807) is 18.3 Å². The fraction of sp³-hybridized carbons (Fsp3) is 0.462. The lowest BCUT2D eigenvalue weighted by molar-refractivity contribution is -0.140. The molecule has 1 saturated heterocycles. The Morgan fingerprint density at radius 3 is 2.89 bits per heavy atom. The minimum atomic E-state index is -0.0446. The monoisotopic (exact) mass is 265 g/mol. The van der Waals surface area contributed by atoms with Crippen molar-refractivity contribution < 1.29 is 14.3 Å². The molecule has 1 fully saturated rings. The molecule has 4 nitrogen and oxygen atoms in total. The summed E-state index contributed by atoms with van der Waals surface area (Å²) in [5.41, 5.74) is 0. The van der Waals surface area contributed by atoms with Gasteiger partial charge >= 0.3 is 0 Å². The van der Waals surface area contributed by atoms with Gasteiger partial charge in [-0.25, -0.2) is 0 Å². The summed E-state index contributed by atoms with van der Waals surface area (Å²) in [5, 5.41) is 2.04. The molecule has 2 aliphatic heterocycles. The van der Waals surface area contributed by atoms with Crippen LogP contribution in [-0.4, -0.2) is 30.6 Å². The molecule has 96 valence electrons. The van der Waals surface area contributed by atoms with E-state index in [-0.39, 0.29) is 11.9 Å². The second-order valence-corrected chi connectivity index (χ2v) is 5.38. The van der Waals surface area contributed by atoms with Crippen molar-refractivity contribution in [3.05, 3.63) is 33.9 Å². The Balaban J connectivity index is 1.77. The number of rotatable bonds is 2. The van der Waals surface area contributed by atoms with Gasteiger partial charge in [-0.2, -0.15) is 0 Å². The predicted molar refractivity (Wildman–Crippen MR) is 68.0 cm³/mol. The van der Waals surface area contributed by atoms with Crippen molar-refractivity contribution in [3.63, 3.8) is 0 Å². The first-order valence-corrected chi connectivity index (χ1v) is 6.96. The largest absolute Gasteiger partial charge is 0.491 e. The van der Waals surface area contributed by atoms with Gasteiger partial charge in [0.2, 0.25) is 5.76 Å². The van der Waals surface area contributed by atoms with Gasteiger partial charge in [-0.15, -0.1) is 11.3 Å². The maximum atomic E-state index is 12.4. The van der Waals surface area contributed by atoms with E-state index in [2.05, 4.69) is 6.07 Å². The number of allylic oxidation sites excluding steroid dienone is 1. The number of hydrogen-bond acceptors (Lipinski definition) is 4. The molecule has 18 heavy (non-hydrogen) atoms. The Labute approximate surface area is 110 Å². The van der Waals surface area contributed by atoms with Crippen molar-refractivity contribution in [1.82, 2.24) is 4.90 Å². The molecule has 1 atom stereocenters. The molecule has 1 aromatic heterocycles. The van der Waals surface area contributed by atoms with Gasteiger partial charge in [-0.3, -0.25) is 4.79 Å². The lowest BCUT2D eigenvalue weighted by Crippen LogP contribution is -2.46. The first kappa shape index (κ1) is 11.6. The summed E-state index contributed by atoms with van der Waals surface area (Å²) in [6, 6.07) is 4.31. The number of carbonyl (C=O) groups excluding carboxylic acids is 1. The second kappa shape index (κ2) is 4.65. The van der Waals surface area contributed by atoms with Gasteiger partial charge < -0.3 is 14.4 Å². The van der Waals surface area contributed by atoms with Crippen molar-refractivity contribution in [2.24, 2.45) is 0 Å². The molecule has 1 unspecified atom stereocenters. The molecular weight excluding hydrogens is 250 g/mol. The van der Waals surface area contributed by atoms with Crippen LogP contribution < -0.4 is 0 Å². The maximum absolute atomic E-state index is 12.4. The van der Waals surface area contributed by atoms with Crippen LogP contribution in [0.5, 0.6) is 0 Å². The van der Waals surface area contributed by atoms with Crippen LogP contribution in [0.1, 0.15) is 24.3 Å². The number of hydrogen-bond donors (Lipinski definition) is 0. The molecule has 5 heteroatoms. The number of amides is 1. The number of thiophene rings is 1. The zero-order chi connectivity index (χ0) is 12.5. The summed E-state index contributed by atoms with van der Waals surface area (Å²) in [7, 11) is 0. The molecule has 0 aliphatic carbocycles. The van der Waals surface area contributed by atoms with Gasteiger partial charge in [0, 0.05) is 11.4 Å². The van der Waals surface area contributed by atoms with Gasteiger partial charge in [0.25, 0.3) is 5.91 Å². The van der Waals surface area contributed by atoms with E-state index in [1.807, 2.05) is 16.3 Å². The van der Waals surface area contributed by atoms with Crippen LogP contribution in [0.4, 0.5) is 0 Å². The Bertz CT molecular complexity index is 480. The summed E-state index contributed by atoms with van der Waals surface area (Å²) in [6.45, 7) is 3.56. The Hall–Kier alpha value is -1.49. The Morgan fingerprint density at radius 1 is 1.44 bits per heavy atom. The number of nitrogens with zero attached hydrogens (tertiary/aromatic N) is 1. The fourth-order valence-electron chi connectivity index (χ4n) is 2.26. The third-order valence-electron chi connectivity index (χ3n) is 3.31. The SMILES string of the molecule is CC1=C(C(=O)N2CCC2c2cccs2)OCCO1. The molecule has 3 rings (SSSR count). The van der Waals surface area contributed by atoms with E-state index in [0.29, 0.717) is 24.7 Å². The zero-order valence-electron chi connectivity index (χ0n) is 10.2. The van der Waals surface area contributed by atoms with Crippen molar-refractivity contribution in [3.8, 4) is 0 Å². The highest BCUT2D eigenvalue weighted by molar-refractivity contribution is 7.10. The van der Waals surface area contributed by atoms with Gasteiger partial charge in [-0.05, 0) is 24.8 Å². The third kappa shape index (κ3) is 1.88. The first-order chi connectivity index (χ1) is 8.77. The topological polar surface area (TPSA) is 38.8 Å². The fourth-order valence-corrected chi connectivity index (χ4v) is 3.13. The molecular formula is C13H15NO3S. The van der Waals surface area contributed by atoms with Crippen molar-refractivity contribution >= 4 is 17.2 Å². The van der Waals surface area contributed by atoms with Crippen molar-refractivity contribution in [2.75, 3.05) is 19.8 Å². The number of ether oxygens (including phenoxy) is 2. The lowest BCUT2D eigenvalue weighted by atomic mass is 10.0. The molecule has 0 saturated carbocycles. The Morgan fingerprint density at radius 2 is 2.28 bits per heavy atom. The predicted octanol–water partition coefficient (Wildman–Crippen LogP) is 2.30. The maximum Gasteiger partial charge on any atom is 0.293 e. The molecule has 1 amide bonds. The molecule has 2 aliphatic rings. The molecule has 3 heterocycles. The lowest BCUT2D eigenvalue weighted by Gasteiger charge is -2.41. The number of likely N-dealkylation sites (tertiary alicyclic amines) is 1. The highest BCUT2D eigenvalue weighted by Gasteiger charge is 2.37. The van der Waals surface area contributed by atoms with E-state index in [1.165, 1.54) is 4.88 Å². The average molecular weight is 265 g/mol. The van der Waals surface area contributed by atoms with Crippen LogP contribution in [0.25, 0.3) is 0 Å². The minimum Gasteiger partial charge on any atom is -0.491 e. The normalized spacial score (nSPS) is 23.2. The highest BCUT2D eigenvalue weighted by Crippen LogP contribution is 2.37. The molecule has 0 N–H and O–H groups in total. The Kier molecular flexibility index (Phi) is 2.99. The van der Waals surface area contributed by atoms with Gasteiger partial charge in [0.1, 0.15) is 19.0 Å². The summed E-state index contributed by atoms with van der Waals surface area (Å²) in [5.74, 6) is 0.933. The molecule has 0 aromatic carbocycles. The summed E-state index contributed by atoms with van der Waals surface area (Å²) in [4.78, 5) is 15.5. The second-order valence-electron chi connectivity index (χ2n) is 4.40. The van der Waals surface area contributed by atoms with Crippen LogP contribution in [0.2, 0.25) is 0 Å². The summed E-state index contributed by atoms with van der Waals surface area (Å²) >= 11 is 1.69. The van der Waals surface area contributed by atoms with E-state index in [4.69, 9.17) is 9.47 Å². The van der Waals surface area contributed by atoms with Gasteiger partial charge in [-0.1, -0.05) is 6.07 Å². The summed E-state index contributed by atoms with van der Waals surface area (Å²) in [6.07, 6.45) is 1.03. The average Bonchev–Trinajstić information content (AvgIpc) is 2.81. The standard InChI is InChI=1S/C13H15NO3S/c1-9-12(17-7-6-16-9)13(15)14-5-4-10(14)11-3-2-8-18-11/h2-3,8,10H,4-7H2,1H3. The third-order valence-corrected chi connectivity index (χ3v) is 4.29. The molecule has 0 radical (unpaired) electrons. The van der Waals surface area contributed by atoms with Crippen molar-refractivity contribution in [2.45, 2.75) is 19.4 Å². The van der Waals surface area contributed by atoms with Crippen LogP contribution >= 0.6 is 11.3 Å². The first-order valence-electron chi connectivity index (χ1n) is 6.08. The van der Waals surface area contributed by atoms with E-state index in [9.17, 15) is 4.79 Å². The molecule has 1 aromatic rings. The van der Waals surface area contributed by atoms with Crippen LogP contribution in [0.3, 0.4) is 0 Å². The van der Waals surface area contributed by atoms with Gasteiger partial charge in [0.05, 0.1) is 6.04 Å². The quantitative estimate of drug-likeness (QED) is 0.823. The van der Waals surface area contributed by atoms with E-state index < -0.39 is 0 Å². The van der Waals surface area contributed by atoms with E-state index >= 15 is 0 Å². The van der Waals surface area contributed by atoms with Crippen LogP contribution in [0, 0.1) is 0 Å². The van der Waals surface area contributed by atoms with Gasteiger partial charge in [0.15, 0.2) is 0 Å². The van der Waals surface area contributed by atoms with E-state index in [0.717, 1.165) is 13.0 Å². The highest BCUT2D eigenvalue weighted by atomic mass is 32.1. The molecule has 0 bridgehead atoms. The minimum absolute atomic E-state index is 0.0446. The molecule has 0 spiro atoms. The smallest absolute Gasteiger partial charge is 0.293 e. The number of carbonyl (C=O) groups is 1. The van der Waals surface area contributed by atoms with Crippen LogP contribution in [0.15, 0.2) is 29.0 Å². The van der Waals surface area contributed by atoms with Crippen LogP contribution in [-0.2, 0) is 14.3 Å². The van der Waals surface area contributed by atoms with Crippen molar-refractivity contribution in [1.29, 1.82) is 0 Å². The summed E-state index contributed by atoms with van der Waals surface area (Å²) < 4.78 is 10.8.